The molecule has 6 nitrogen and oxygen atoms in total. The zero-order chi connectivity index (χ0) is 19.9. The van der Waals surface area contributed by atoms with Gasteiger partial charge in [0.25, 0.3) is 11.8 Å². The molecule has 1 amide bonds. The normalized spacial score (nSPS) is 22.6. The first-order valence-corrected chi connectivity index (χ1v) is 9.57. The number of benzene rings is 1. The molecule has 0 saturated carbocycles. The first kappa shape index (κ1) is 19.1. The Labute approximate surface area is 162 Å². The summed E-state index contributed by atoms with van der Waals surface area (Å²) in [4.78, 5) is 19.4. The maximum absolute atomic E-state index is 13.9. The van der Waals surface area contributed by atoms with Crippen LogP contribution >= 0.6 is 0 Å². The molecule has 2 fully saturated rings. The van der Waals surface area contributed by atoms with Crippen molar-refractivity contribution in [3.05, 3.63) is 30.0 Å². The van der Waals surface area contributed by atoms with Crippen molar-refractivity contribution in [3.63, 3.8) is 0 Å². The van der Waals surface area contributed by atoms with E-state index in [1.54, 1.807) is 12.0 Å². The Morgan fingerprint density at radius 2 is 2.11 bits per heavy atom. The van der Waals surface area contributed by atoms with Crippen LogP contribution in [0.15, 0.2) is 24.3 Å². The Bertz CT molecular complexity index is 863. The summed E-state index contributed by atoms with van der Waals surface area (Å²) < 4.78 is 38.4. The molecular formula is C20H25F2N3O3. The van der Waals surface area contributed by atoms with Gasteiger partial charge < -0.3 is 19.4 Å². The highest BCUT2D eigenvalue weighted by molar-refractivity contribution is 5.98. The van der Waals surface area contributed by atoms with Gasteiger partial charge in [0.15, 0.2) is 0 Å². The lowest BCUT2D eigenvalue weighted by atomic mass is 10.1. The lowest BCUT2D eigenvalue weighted by molar-refractivity contribution is -0.0149. The van der Waals surface area contributed by atoms with Gasteiger partial charge in [-0.2, -0.15) is 0 Å². The minimum Gasteiger partial charge on any atom is -0.497 e. The Morgan fingerprint density at radius 3 is 2.82 bits per heavy atom. The van der Waals surface area contributed by atoms with Gasteiger partial charge in [-0.1, -0.05) is 0 Å². The third kappa shape index (κ3) is 3.58. The van der Waals surface area contributed by atoms with Crippen molar-refractivity contribution in [2.24, 2.45) is 0 Å². The van der Waals surface area contributed by atoms with Crippen molar-refractivity contribution in [1.82, 2.24) is 14.8 Å². The molecule has 2 aromatic rings. The zero-order valence-corrected chi connectivity index (χ0v) is 16.1. The third-order valence-corrected chi connectivity index (χ3v) is 5.61. The largest absolute Gasteiger partial charge is 0.497 e. The van der Waals surface area contributed by atoms with Gasteiger partial charge in [-0.25, -0.2) is 8.78 Å². The third-order valence-electron chi connectivity index (χ3n) is 5.61. The second-order valence-corrected chi connectivity index (χ2v) is 7.55. The van der Waals surface area contributed by atoms with Crippen LogP contribution < -0.4 is 4.74 Å². The van der Waals surface area contributed by atoms with Crippen LogP contribution in [0.4, 0.5) is 8.78 Å². The number of hydrogen-bond donors (Lipinski definition) is 1. The monoisotopic (exact) mass is 393 g/mol. The van der Waals surface area contributed by atoms with Crippen molar-refractivity contribution in [2.45, 2.75) is 31.4 Å². The molecule has 28 heavy (non-hydrogen) atoms. The van der Waals surface area contributed by atoms with Crippen LogP contribution in [0, 0.1) is 0 Å². The van der Waals surface area contributed by atoms with Crippen molar-refractivity contribution in [3.8, 4) is 5.75 Å². The summed E-state index contributed by atoms with van der Waals surface area (Å²) in [6.07, 6.45) is -0.179. The van der Waals surface area contributed by atoms with Crippen LogP contribution in [0.2, 0.25) is 0 Å². The number of fused-ring (bicyclic) bond motifs is 1. The molecule has 0 radical (unpaired) electrons. The number of ether oxygens (including phenoxy) is 2. The van der Waals surface area contributed by atoms with Crippen LogP contribution in [0.3, 0.4) is 0 Å². The quantitative estimate of drug-likeness (QED) is 0.820. The Morgan fingerprint density at radius 1 is 1.32 bits per heavy atom. The number of likely N-dealkylation sites (tertiary alicyclic amines) is 2. The highest BCUT2D eigenvalue weighted by atomic mass is 19.3. The van der Waals surface area contributed by atoms with E-state index in [-0.39, 0.29) is 31.0 Å². The van der Waals surface area contributed by atoms with Crippen molar-refractivity contribution in [1.29, 1.82) is 0 Å². The van der Waals surface area contributed by atoms with Crippen molar-refractivity contribution in [2.75, 3.05) is 40.0 Å². The van der Waals surface area contributed by atoms with Crippen molar-refractivity contribution < 1.29 is 23.0 Å². The molecule has 8 heteroatoms. The van der Waals surface area contributed by atoms with Crippen LogP contribution in [-0.4, -0.2) is 78.7 Å². The van der Waals surface area contributed by atoms with Crippen LogP contribution in [0.25, 0.3) is 10.9 Å². The van der Waals surface area contributed by atoms with Crippen LogP contribution in [0.1, 0.15) is 23.8 Å². The number of nitrogens with zero attached hydrogens (tertiary/aromatic N) is 2. The molecular weight excluding hydrogens is 368 g/mol. The molecule has 1 N–H and O–H groups in total. The van der Waals surface area contributed by atoms with E-state index in [9.17, 15) is 13.6 Å². The molecule has 0 unspecified atom stereocenters. The average molecular weight is 393 g/mol. The maximum atomic E-state index is 13.9. The van der Waals surface area contributed by atoms with E-state index in [1.165, 1.54) is 0 Å². The van der Waals surface area contributed by atoms with Gasteiger partial charge in [0.2, 0.25) is 0 Å². The number of nitrogens with one attached hydrogen (secondary N) is 1. The van der Waals surface area contributed by atoms with Crippen molar-refractivity contribution >= 4 is 16.8 Å². The number of hydrogen-bond acceptors (Lipinski definition) is 4. The average Bonchev–Trinajstić information content (AvgIpc) is 3.18. The van der Waals surface area contributed by atoms with E-state index in [0.717, 1.165) is 10.9 Å². The summed E-state index contributed by atoms with van der Waals surface area (Å²) in [6.45, 7) is 3.32. The highest BCUT2D eigenvalue weighted by Gasteiger charge is 2.50. The minimum absolute atomic E-state index is 0.0488. The standard InChI is InChI=1S/C20H25F2N3O3/c1-3-28-11-14-8-20(21,22)12-25(14)15-9-24(10-15)19(26)18-6-13-4-5-16(27-2)7-17(13)23-18/h4-7,14-15,23H,3,8-12H2,1-2H3/t14-/m0/s1. The first-order valence-electron chi connectivity index (χ1n) is 9.57. The van der Waals surface area contributed by atoms with Gasteiger partial charge in [0, 0.05) is 55.2 Å². The van der Waals surface area contributed by atoms with E-state index in [1.807, 2.05) is 36.1 Å². The number of aromatic amines is 1. The van der Waals surface area contributed by atoms with Gasteiger partial charge in [-0.05, 0) is 25.1 Å². The summed E-state index contributed by atoms with van der Waals surface area (Å²) in [5, 5.41) is 0.928. The topological polar surface area (TPSA) is 57.8 Å². The Kier molecular flexibility index (Phi) is 5.01. The summed E-state index contributed by atoms with van der Waals surface area (Å²) in [5.74, 6) is -2.09. The number of rotatable bonds is 6. The molecule has 0 aliphatic carbocycles. The highest BCUT2D eigenvalue weighted by Crippen LogP contribution is 2.36. The van der Waals surface area contributed by atoms with E-state index in [2.05, 4.69) is 4.98 Å². The number of H-pyrrole nitrogens is 1. The molecule has 2 aliphatic rings. The van der Waals surface area contributed by atoms with Crippen LogP contribution in [0.5, 0.6) is 5.75 Å². The van der Waals surface area contributed by atoms with Gasteiger partial charge in [-0.15, -0.1) is 0 Å². The van der Waals surface area contributed by atoms with E-state index in [0.29, 0.717) is 37.7 Å². The summed E-state index contributed by atoms with van der Waals surface area (Å²) in [7, 11) is 1.59. The van der Waals surface area contributed by atoms with E-state index < -0.39 is 5.92 Å². The SMILES string of the molecule is CCOC[C@@H]1CC(F)(F)CN1C1CN(C(=O)c2cc3ccc(OC)cc3[nH]2)C1. The number of carbonyl (C=O) groups excluding carboxylic acids is 1. The Balaban J connectivity index is 1.41. The first-order chi connectivity index (χ1) is 13.4. The second kappa shape index (κ2) is 7.33. The molecule has 4 rings (SSSR count). The molecule has 1 aromatic heterocycles. The second-order valence-electron chi connectivity index (χ2n) is 7.55. The number of amides is 1. The summed E-state index contributed by atoms with van der Waals surface area (Å²) >= 11 is 0. The van der Waals surface area contributed by atoms with E-state index >= 15 is 0 Å². The molecule has 152 valence electrons. The number of methoxy groups -OCH3 is 1. The molecule has 0 bridgehead atoms. The fourth-order valence-electron chi connectivity index (χ4n) is 4.11. The lowest BCUT2D eigenvalue weighted by Gasteiger charge is -2.45. The minimum atomic E-state index is -2.69. The fourth-order valence-corrected chi connectivity index (χ4v) is 4.11. The molecule has 3 heterocycles. The Hall–Kier alpha value is -2.19. The molecule has 1 atom stereocenters. The number of halogens is 2. The number of alkyl halides is 2. The van der Waals surface area contributed by atoms with Gasteiger partial charge >= 0.3 is 0 Å². The molecule has 2 aliphatic heterocycles. The van der Waals surface area contributed by atoms with Gasteiger partial charge in [-0.3, -0.25) is 9.69 Å². The zero-order valence-electron chi connectivity index (χ0n) is 16.1. The number of aromatic nitrogens is 1. The molecule has 0 spiro atoms. The molecule has 2 saturated heterocycles. The maximum Gasteiger partial charge on any atom is 0.270 e. The van der Waals surface area contributed by atoms with E-state index in [4.69, 9.17) is 9.47 Å². The predicted octanol–water partition coefficient (Wildman–Crippen LogP) is 2.75. The summed E-state index contributed by atoms with van der Waals surface area (Å²) in [6, 6.07) is 7.05. The number of carbonyl (C=O) groups is 1. The van der Waals surface area contributed by atoms with Gasteiger partial charge in [0.05, 0.1) is 20.3 Å². The molecule has 1 aromatic carbocycles. The smallest absolute Gasteiger partial charge is 0.270 e. The van der Waals surface area contributed by atoms with Gasteiger partial charge in [0.1, 0.15) is 11.4 Å². The van der Waals surface area contributed by atoms with Crippen LogP contribution in [-0.2, 0) is 4.74 Å². The predicted molar refractivity (Wildman–Crippen MR) is 101 cm³/mol. The fraction of sp³-hybridized carbons (Fsp3) is 0.550. The summed E-state index contributed by atoms with van der Waals surface area (Å²) in [5.41, 5.74) is 1.33. The lowest BCUT2D eigenvalue weighted by Crippen LogP contribution is -2.62.